The molecule has 3 aromatic rings. The van der Waals surface area contributed by atoms with Crippen molar-refractivity contribution in [1.29, 1.82) is 0 Å². The fourth-order valence-corrected chi connectivity index (χ4v) is 10.0. The number of morpholine rings is 1. The van der Waals surface area contributed by atoms with Crippen molar-refractivity contribution in [3.63, 3.8) is 0 Å². The van der Waals surface area contributed by atoms with E-state index in [1.165, 1.54) is 16.1 Å². The third-order valence-corrected chi connectivity index (χ3v) is 12.8. The normalized spacial score (nSPS) is 31.3. The Morgan fingerprint density at radius 3 is 2.52 bits per heavy atom. The number of rotatable bonds is 6. The number of urea groups is 1. The lowest BCUT2D eigenvalue weighted by molar-refractivity contribution is -0.155. The molecule has 19 heteroatoms. The molecule has 1 saturated carbocycles. The molecule has 7 amide bonds. The maximum atomic E-state index is 15.0. The third-order valence-electron chi connectivity index (χ3n) is 12.8. The number of hydrogen-bond acceptors (Lipinski definition) is 9. The molecule has 2 unspecified atom stereocenters. The van der Waals surface area contributed by atoms with Crippen LogP contribution in [0, 0.1) is 29.4 Å². The fraction of sp³-hybridized carbons (Fsp3) is 0.537. The Balaban J connectivity index is 1.14. The van der Waals surface area contributed by atoms with E-state index in [2.05, 4.69) is 31.2 Å². The summed E-state index contributed by atoms with van der Waals surface area (Å²) in [5.74, 6) is -6.44. The number of amides is 7. The van der Waals surface area contributed by atoms with E-state index >= 15 is 4.79 Å². The van der Waals surface area contributed by atoms with Gasteiger partial charge in [-0.25, -0.2) is 18.6 Å². The number of halogens is 2. The molecular formula is C41H49F2N9O8. The Bertz CT molecular complexity index is 2200. The van der Waals surface area contributed by atoms with Crippen LogP contribution in [-0.4, -0.2) is 140 Å². The number of H-pyrrole nitrogens is 1. The van der Waals surface area contributed by atoms with Crippen molar-refractivity contribution in [3.05, 3.63) is 59.9 Å². The summed E-state index contributed by atoms with van der Waals surface area (Å²) in [7, 11) is 0. The van der Waals surface area contributed by atoms with Crippen molar-refractivity contribution < 1.29 is 47.4 Å². The number of aromatic amines is 1. The van der Waals surface area contributed by atoms with E-state index in [-0.39, 0.29) is 57.2 Å². The molecule has 10 atom stereocenters. The second-order valence-electron chi connectivity index (χ2n) is 16.9. The molecule has 2 aromatic carbocycles. The number of nitrogens with zero attached hydrogens (tertiary/aromatic N) is 4. The Kier molecular flexibility index (Phi) is 11.0. The van der Waals surface area contributed by atoms with Crippen LogP contribution in [-0.2, 0) is 35.1 Å². The molecule has 1 spiro atoms. The zero-order valence-electron chi connectivity index (χ0n) is 33.5. The lowest BCUT2D eigenvalue weighted by Gasteiger charge is -2.39. The molecule has 5 aliphatic rings. The number of aliphatic hydroxyl groups excluding tert-OH is 1. The Hall–Kier alpha value is -5.69. The molecule has 1 aliphatic carbocycles. The molecule has 60 heavy (non-hydrogen) atoms. The fourth-order valence-electron chi connectivity index (χ4n) is 10.0. The van der Waals surface area contributed by atoms with Crippen LogP contribution in [0.25, 0.3) is 11.0 Å². The zero-order chi connectivity index (χ0) is 42.6. The maximum absolute atomic E-state index is 15.0. The van der Waals surface area contributed by atoms with Gasteiger partial charge in [0, 0.05) is 43.7 Å². The van der Waals surface area contributed by atoms with Crippen LogP contribution in [0.4, 0.5) is 19.3 Å². The molecule has 4 aliphatic heterocycles. The van der Waals surface area contributed by atoms with E-state index < -0.39 is 101 Å². The first-order valence-electron chi connectivity index (χ1n) is 20.4. The molecule has 4 saturated heterocycles. The number of anilines is 1. The molecule has 320 valence electrons. The highest BCUT2D eigenvalue weighted by Crippen LogP contribution is 2.60. The maximum Gasteiger partial charge on any atom is 0.319 e. The number of aliphatic hydroxyl groups is 1. The van der Waals surface area contributed by atoms with Gasteiger partial charge in [-0.15, -0.1) is 0 Å². The number of carbonyl (C=O) groups is 6. The van der Waals surface area contributed by atoms with Crippen molar-refractivity contribution in [2.24, 2.45) is 17.8 Å². The van der Waals surface area contributed by atoms with Crippen LogP contribution in [0.1, 0.15) is 45.6 Å². The zero-order valence-corrected chi connectivity index (χ0v) is 33.5. The molecule has 0 radical (unpaired) electrons. The van der Waals surface area contributed by atoms with E-state index in [0.717, 1.165) is 17.6 Å². The van der Waals surface area contributed by atoms with Crippen molar-refractivity contribution >= 4 is 52.3 Å². The largest absolute Gasteiger partial charge is 0.390 e. The van der Waals surface area contributed by atoms with Crippen LogP contribution in [0.5, 0.6) is 0 Å². The minimum atomic E-state index is -1.50. The van der Waals surface area contributed by atoms with Gasteiger partial charge in [0.15, 0.2) is 0 Å². The first-order valence-corrected chi connectivity index (χ1v) is 20.4. The molecule has 8 rings (SSSR count). The molecule has 1 aromatic heterocycles. The number of imidazole rings is 1. The first-order chi connectivity index (χ1) is 28.7. The van der Waals surface area contributed by atoms with Crippen LogP contribution < -0.4 is 21.3 Å². The van der Waals surface area contributed by atoms with Gasteiger partial charge < -0.3 is 50.8 Å². The smallest absolute Gasteiger partial charge is 0.319 e. The predicted molar refractivity (Wildman–Crippen MR) is 210 cm³/mol. The van der Waals surface area contributed by atoms with Gasteiger partial charge in [-0.1, -0.05) is 13.8 Å². The van der Waals surface area contributed by atoms with Crippen LogP contribution >= 0.6 is 0 Å². The summed E-state index contributed by atoms with van der Waals surface area (Å²) in [6.07, 6.45) is 1.11. The molecular weight excluding hydrogens is 785 g/mol. The van der Waals surface area contributed by atoms with Gasteiger partial charge in [0.05, 0.1) is 42.2 Å². The van der Waals surface area contributed by atoms with Crippen molar-refractivity contribution in [1.82, 2.24) is 40.6 Å². The van der Waals surface area contributed by atoms with Crippen LogP contribution in [0.2, 0.25) is 0 Å². The van der Waals surface area contributed by atoms with E-state index in [0.29, 0.717) is 30.1 Å². The summed E-state index contributed by atoms with van der Waals surface area (Å²) >= 11 is 0. The van der Waals surface area contributed by atoms with E-state index in [1.54, 1.807) is 36.9 Å². The summed E-state index contributed by atoms with van der Waals surface area (Å²) in [6, 6.07) is 0.821. The summed E-state index contributed by atoms with van der Waals surface area (Å²) in [5.41, 5.74) is 0.541. The summed E-state index contributed by atoms with van der Waals surface area (Å²) in [5, 5.41) is 22.7. The van der Waals surface area contributed by atoms with Crippen molar-refractivity contribution in [2.45, 2.75) is 88.3 Å². The van der Waals surface area contributed by atoms with Crippen LogP contribution in [0.3, 0.4) is 0 Å². The highest BCUT2D eigenvalue weighted by molar-refractivity contribution is 5.99. The van der Waals surface area contributed by atoms with Gasteiger partial charge in [-0.05, 0) is 73.9 Å². The quantitative estimate of drug-likeness (QED) is 0.209. The first kappa shape index (κ1) is 41.1. The SMILES string of the molecule is CC1[C@H]2C(O)[C@@]23C[C@H](C)CN3C(=O)[C@H](C)NC(=O)[C@@H]2COCCN2C(=O)[C@@H]2CCCN2C(=O)[C@H]1NC(=O)[C@H](Cc1cc(F)cc(F)c1)NC(=O)Nc1ccc2[nH]cnc2c1. The summed E-state index contributed by atoms with van der Waals surface area (Å²) in [4.78, 5) is 96.8. The second kappa shape index (κ2) is 16.1. The summed E-state index contributed by atoms with van der Waals surface area (Å²) in [6.45, 7) is 5.71. The number of ether oxygens (including phenoxy) is 1. The average molecular weight is 834 g/mol. The molecule has 0 bridgehead atoms. The topological polar surface area (TPSA) is 218 Å². The van der Waals surface area contributed by atoms with Gasteiger partial charge in [-0.2, -0.15) is 0 Å². The van der Waals surface area contributed by atoms with Crippen molar-refractivity contribution in [2.75, 3.05) is 38.2 Å². The molecule has 17 nitrogen and oxygen atoms in total. The Morgan fingerprint density at radius 1 is 1.00 bits per heavy atom. The van der Waals surface area contributed by atoms with Gasteiger partial charge in [-0.3, -0.25) is 24.0 Å². The van der Waals surface area contributed by atoms with Gasteiger partial charge >= 0.3 is 6.03 Å². The number of aromatic nitrogens is 2. The minimum Gasteiger partial charge on any atom is -0.390 e. The predicted octanol–water partition coefficient (Wildman–Crippen LogP) is 1.03. The molecule has 5 fully saturated rings. The van der Waals surface area contributed by atoms with E-state index in [1.807, 2.05) is 6.92 Å². The second-order valence-corrected chi connectivity index (χ2v) is 16.9. The average Bonchev–Trinajstić information content (AvgIpc) is 3.72. The Labute approximate surface area is 343 Å². The van der Waals surface area contributed by atoms with Gasteiger partial charge in [0.1, 0.15) is 41.8 Å². The van der Waals surface area contributed by atoms with Crippen molar-refractivity contribution in [3.8, 4) is 0 Å². The van der Waals surface area contributed by atoms with Gasteiger partial charge in [0.2, 0.25) is 29.5 Å². The molecule has 5 heterocycles. The monoisotopic (exact) mass is 833 g/mol. The van der Waals surface area contributed by atoms with E-state index in [9.17, 15) is 37.9 Å². The highest BCUT2D eigenvalue weighted by atomic mass is 19.1. The number of hydrogen-bond donors (Lipinski definition) is 6. The van der Waals surface area contributed by atoms with Crippen LogP contribution in [0.15, 0.2) is 42.7 Å². The Morgan fingerprint density at radius 2 is 1.75 bits per heavy atom. The van der Waals surface area contributed by atoms with Gasteiger partial charge in [0.25, 0.3) is 0 Å². The number of nitrogens with one attached hydrogen (secondary N) is 5. The number of carbonyl (C=O) groups excluding carboxylic acids is 6. The summed E-state index contributed by atoms with van der Waals surface area (Å²) < 4.78 is 34.5. The van der Waals surface area contributed by atoms with E-state index in [4.69, 9.17) is 4.74 Å². The lowest BCUT2D eigenvalue weighted by atomic mass is 9.90. The standard InChI is InChI=1S/C41H49F2N9O8/c1-20-16-41-32(34(41)53)21(2)33(39(58)50-8-4-5-30(50)38(57)51-9-10-60-18-31(51)36(55)46-22(3)37(56)52(41)17-20)49-35(54)29(13-23-11-24(42)14-25(43)12-23)48-40(59)47-26-6-7-27-28(15-26)45-19-44-27/h6-7,11-12,14-15,19-22,29-34,53H,4-5,8-10,13,16-18H2,1-3H3,(H,44,45)(H,46,55)(H,49,54)(H2,47,48,59)/t20-,21?,22-,29-,30-,31-,32-,33-,34?,41+/m0/s1. The number of fused-ring (bicyclic) bond motifs is 3. The third kappa shape index (κ3) is 7.52. The molecule has 6 N–H and O–H groups in total. The minimum absolute atomic E-state index is 0.0422. The lowest BCUT2D eigenvalue weighted by Crippen LogP contribution is -2.63. The number of benzene rings is 2. The highest BCUT2D eigenvalue weighted by Gasteiger charge is 2.74.